The first kappa shape index (κ1) is 28.9. The number of carbonyl (C=O) groups is 1. The third-order valence-corrected chi connectivity index (χ3v) is 11.7. The van der Waals surface area contributed by atoms with E-state index in [1.54, 1.807) is 0 Å². The van der Waals surface area contributed by atoms with Crippen molar-refractivity contribution in [3.63, 3.8) is 0 Å². The van der Waals surface area contributed by atoms with Gasteiger partial charge in [0.25, 0.3) is 10.1 Å². The van der Waals surface area contributed by atoms with E-state index >= 15 is 0 Å². The molecule has 1 amide bonds. The number of hydrogen-bond donors (Lipinski definition) is 4. The van der Waals surface area contributed by atoms with E-state index in [2.05, 4.69) is 26.1 Å². The number of hydrogen-bond acceptors (Lipinski definition) is 5. The minimum absolute atomic E-state index is 0. The summed E-state index contributed by atoms with van der Waals surface area (Å²) in [7, 11) is -4.07. The van der Waals surface area contributed by atoms with Gasteiger partial charge in [-0.3, -0.25) is 9.35 Å². The molecule has 0 spiro atoms. The number of nitrogens with one attached hydrogen (secondary N) is 1. The predicted octanol–water partition coefficient (Wildman–Crippen LogP) is 4.03. The summed E-state index contributed by atoms with van der Waals surface area (Å²) in [6, 6.07) is 0. The Kier molecular flexibility index (Phi) is 8.73. The first-order valence-corrected chi connectivity index (χ1v) is 15.0. The van der Waals surface area contributed by atoms with Crippen LogP contribution in [0.2, 0.25) is 0 Å². The first-order chi connectivity index (χ1) is 15.9. The van der Waals surface area contributed by atoms with Crippen LogP contribution in [-0.4, -0.2) is 53.6 Å². The van der Waals surface area contributed by atoms with Gasteiger partial charge in [0, 0.05) is 13.0 Å². The molecule has 10 atom stereocenters. The van der Waals surface area contributed by atoms with E-state index in [0.29, 0.717) is 48.3 Å². The van der Waals surface area contributed by atoms with Crippen molar-refractivity contribution in [2.75, 3.05) is 12.3 Å². The Bertz CT molecular complexity index is 864. The topological polar surface area (TPSA) is 124 Å². The maximum absolute atomic E-state index is 12.2. The third kappa shape index (κ3) is 5.46. The molecule has 7 nitrogen and oxygen atoms in total. The van der Waals surface area contributed by atoms with Crippen LogP contribution in [0.4, 0.5) is 0 Å². The first-order valence-electron chi connectivity index (χ1n) is 13.4. The average molecular weight is 516 g/mol. The Morgan fingerprint density at radius 2 is 1.77 bits per heavy atom. The van der Waals surface area contributed by atoms with Gasteiger partial charge in [0.2, 0.25) is 5.91 Å². The molecule has 4 saturated carbocycles. The molecule has 35 heavy (non-hydrogen) atoms. The number of fused-ring (bicyclic) bond motifs is 5. The molecule has 0 unspecified atom stereocenters. The second-order valence-electron chi connectivity index (χ2n) is 12.5. The second kappa shape index (κ2) is 10.6. The number of aliphatic hydroxyl groups excluding tert-OH is 2. The van der Waals surface area contributed by atoms with Crippen LogP contribution in [0.15, 0.2) is 0 Å². The zero-order valence-electron chi connectivity index (χ0n) is 21.1. The van der Waals surface area contributed by atoms with Gasteiger partial charge < -0.3 is 15.5 Å². The minimum Gasteiger partial charge on any atom is -0.393 e. The summed E-state index contributed by atoms with van der Waals surface area (Å²) in [5.41, 5.74) is 0.105. The summed E-state index contributed by atoms with van der Waals surface area (Å²) in [5.74, 6) is 2.28. The number of rotatable bonds is 7. The van der Waals surface area contributed by atoms with Crippen molar-refractivity contribution in [1.82, 2.24) is 5.32 Å². The third-order valence-electron chi connectivity index (χ3n) is 11.0. The van der Waals surface area contributed by atoms with Crippen molar-refractivity contribution in [1.29, 1.82) is 0 Å². The normalized spacial score (nSPS) is 43.8. The molecule has 8 heteroatoms. The molecule has 0 saturated heterocycles. The lowest BCUT2D eigenvalue weighted by atomic mass is 9.43. The van der Waals surface area contributed by atoms with Crippen LogP contribution in [0.5, 0.6) is 0 Å². The summed E-state index contributed by atoms with van der Waals surface area (Å²) in [4.78, 5) is 12.2. The zero-order valence-corrected chi connectivity index (χ0v) is 21.9. The summed E-state index contributed by atoms with van der Waals surface area (Å²) in [6.07, 6.45) is 8.93. The Labute approximate surface area is 212 Å². The highest BCUT2D eigenvalue weighted by atomic mass is 32.2. The molecule has 0 aromatic rings. The molecule has 204 valence electrons. The zero-order chi connectivity index (χ0) is 24.9. The molecule has 4 fully saturated rings. The van der Waals surface area contributed by atoms with Gasteiger partial charge in [-0.1, -0.05) is 28.2 Å². The van der Waals surface area contributed by atoms with Crippen LogP contribution in [0.1, 0.15) is 92.4 Å². The Morgan fingerprint density at radius 3 is 2.46 bits per heavy atom. The van der Waals surface area contributed by atoms with Gasteiger partial charge in [0.05, 0.1) is 18.0 Å². The van der Waals surface area contributed by atoms with Crippen LogP contribution in [0.25, 0.3) is 0 Å². The van der Waals surface area contributed by atoms with Gasteiger partial charge in [-0.15, -0.1) is 0 Å². The summed E-state index contributed by atoms with van der Waals surface area (Å²) in [5, 5.41) is 24.5. The quantitative estimate of drug-likeness (QED) is 0.380. The smallest absolute Gasteiger partial charge is 0.266 e. The molecular weight excluding hydrogens is 466 g/mol. The van der Waals surface area contributed by atoms with Gasteiger partial charge in [-0.25, -0.2) is 0 Å². The van der Waals surface area contributed by atoms with Crippen LogP contribution in [-0.2, 0) is 14.9 Å². The van der Waals surface area contributed by atoms with Gasteiger partial charge in [-0.2, -0.15) is 8.42 Å². The molecule has 0 heterocycles. The highest BCUT2D eigenvalue weighted by Gasteiger charge is 2.63. The van der Waals surface area contributed by atoms with Crippen molar-refractivity contribution >= 4 is 16.0 Å². The standard InChI is InChI=1S/C26H45NO6S.CH4/c1-16(4-9-24(30)27-12-13-34(31,32)33)20-7-8-21-19-6-5-17-14-18(28)10-11-25(17,2)22(19)15-23(29)26(20,21)3;/h16-23,28-29H,4-15H2,1-3H3,(H,27,30)(H,31,32,33);1H4/t16-,17-,18-,19+,20-,21+,22+,23+,25+,26-;/m1./s1. The SMILES string of the molecule is C.C[C@H](CCC(=O)NCCS(=O)(=O)O)[C@H]1CC[C@H]2[C@@H]3CC[C@@H]4C[C@H](O)CC[C@]4(C)[C@H]3C[C@H](O)[C@]12C. The highest BCUT2D eigenvalue weighted by Crippen LogP contribution is 2.68. The molecular formula is C27H49NO6S. The van der Waals surface area contributed by atoms with Gasteiger partial charge in [-0.05, 0) is 104 Å². The largest absolute Gasteiger partial charge is 0.393 e. The minimum atomic E-state index is -4.07. The molecule has 4 aliphatic rings. The Hall–Kier alpha value is -0.700. The van der Waals surface area contributed by atoms with Crippen molar-refractivity contribution in [3.05, 3.63) is 0 Å². The van der Waals surface area contributed by atoms with E-state index in [9.17, 15) is 23.4 Å². The monoisotopic (exact) mass is 515 g/mol. The highest BCUT2D eigenvalue weighted by molar-refractivity contribution is 7.85. The van der Waals surface area contributed by atoms with E-state index < -0.39 is 15.9 Å². The average Bonchev–Trinajstić information content (AvgIpc) is 3.11. The van der Waals surface area contributed by atoms with Gasteiger partial charge in [0.1, 0.15) is 0 Å². The fraction of sp³-hybridized carbons (Fsp3) is 0.963. The predicted molar refractivity (Wildman–Crippen MR) is 137 cm³/mol. The molecule has 0 radical (unpaired) electrons. The van der Waals surface area contributed by atoms with Crippen molar-refractivity contribution in [2.45, 2.75) is 105 Å². The lowest BCUT2D eigenvalue weighted by Gasteiger charge is -2.62. The lowest BCUT2D eigenvalue weighted by molar-refractivity contribution is -0.174. The number of carbonyl (C=O) groups excluding carboxylic acids is 1. The van der Waals surface area contributed by atoms with Crippen LogP contribution in [0, 0.1) is 46.3 Å². The van der Waals surface area contributed by atoms with Gasteiger partial charge in [0.15, 0.2) is 0 Å². The van der Waals surface area contributed by atoms with E-state index in [1.807, 2.05) is 0 Å². The second-order valence-corrected chi connectivity index (χ2v) is 14.1. The van der Waals surface area contributed by atoms with Crippen LogP contribution >= 0.6 is 0 Å². The Balaban J connectivity index is 0.00000342. The Morgan fingerprint density at radius 1 is 1.06 bits per heavy atom. The van der Waals surface area contributed by atoms with Crippen molar-refractivity contribution in [3.8, 4) is 0 Å². The van der Waals surface area contributed by atoms with Crippen LogP contribution < -0.4 is 5.32 Å². The van der Waals surface area contributed by atoms with E-state index in [1.165, 1.54) is 12.8 Å². The molecule has 4 aliphatic carbocycles. The van der Waals surface area contributed by atoms with E-state index in [-0.39, 0.29) is 42.9 Å². The summed E-state index contributed by atoms with van der Waals surface area (Å²) < 4.78 is 30.5. The number of aliphatic hydroxyl groups is 2. The summed E-state index contributed by atoms with van der Waals surface area (Å²) in [6.45, 7) is 6.86. The van der Waals surface area contributed by atoms with Crippen molar-refractivity contribution in [2.24, 2.45) is 46.3 Å². The maximum atomic E-state index is 12.2. The fourth-order valence-electron chi connectivity index (χ4n) is 9.13. The van der Waals surface area contributed by atoms with E-state index in [0.717, 1.165) is 38.5 Å². The molecule has 0 aliphatic heterocycles. The molecule has 4 rings (SSSR count). The lowest BCUT2D eigenvalue weighted by Crippen LogP contribution is -2.58. The molecule has 0 bridgehead atoms. The van der Waals surface area contributed by atoms with E-state index in [4.69, 9.17) is 4.55 Å². The molecule has 0 aromatic carbocycles. The van der Waals surface area contributed by atoms with Crippen molar-refractivity contribution < 1.29 is 28.0 Å². The summed E-state index contributed by atoms with van der Waals surface area (Å²) >= 11 is 0. The number of amides is 1. The maximum Gasteiger partial charge on any atom is 0.266 e. The fourth-order valence-corrected chi connectivity index (χ4v) is 9.49. The molecule has 4 N–H and O–H groups in total. The molecule has 0 aromatic heterocycles. The van der Waals surface area contributed by atoms with Crippen LogP contribution in [0.3, 0.4) is 0 Å². The van der Waals surface area contributed by atoms with Gasteiger partial charge >= 0.3 is 0 Å².